The lowest BCUT2D eigenvalue weighted by atomic mass is 10.1. The van der Waals surface area contributed by atoms with Crippen LogP contribution in [0.5, 0.6) is 0 Å². The summed E-state index contributed by atoms with van der Waals surface area (Å²) in [5.74, 6) is -0.261. The molecule has 0 aliphatic carbocycles. The van der Waals surface area contributed by atoms with Crippen molar-refractivity contribution >= 4 is 40.5 Å². The van der Waals surface area contributed by atoms with Crippen molar-refractivity contribution in [3.63, 3.8) is 0 Å². The van der Waals surface area contributed by atoms with E-state index in [1.807, 2.05) is 32.0 Å². The number of halogens is 2. The smallest absolute Gasteiger partial charge is 0.255 e. The van der Waals surface area contributed by atoms with Crippen LogP contribution in [-0.4, -0.2) is 5.91 Å². The minimum Gasteiger partial charge on any atom is -0.396 e. The highest BCUT2D eigenvalue weighted by atomic mass is 35.5. The van der Waals surface area contributed by atoms with E-state index in [1.54, 1.807) is 0 Å². The summed E-state index contributed by atoms with van der Waals surface area (Å²) in [6.07, 6.45) is 0.834. The first-order valence-electron chi connectivity index (χ1n) is 6.58. The summed E-state index contributed by atoms with van der Waals surface area (Å²) >= 11 is 11.9. The summed E-state index contributed by atoms with van der Waals surface area (Å²) in [7, 11) is 0. The lowest BCUT2D eigenvalue weighted by Gasteiger charge is -2.13. The zero-order valence-corrected chi connectivity index (χ0v) is 13.3. The first-order valence-corrected chi connectivity index (χ1v) is 7.34. The minimum atomic E-state index is -0.261. The molecule has 2 aromatic carbocycles. The Balaban J connectivity index is 2.35. The molecular formula is C16H16Cl2N2O. The number of hydrogen-bond acceptors (Lipinski definition) is 2. The minimum absolute atomic E-state index is 0.261. The number of aryl methyl sites for hydroxylation is 2. The third-order valence-electron chi connectivity index (χ3n) is 3.32. The first-order chi connectivity index (χ1) is 9.93. The van der Waals surface area contributed by atoms with Gasteiger partial charge in [0.15, 0.2) is 0 Å². The fraction of sp³-hybridized carbons (Fsp3) is 0.188. The molecule has 0 saturated carbocycles. The number of para-hydroxylation sites is 1. The Labute approximate surface area is 134 Å². The van der Waals surface area contributed by atoms with Gasteiger partial charge in [-0.15, -0.1) is 0 Å². The fourth-order valence-corrected chi connectivity index (χ4v) is 2.59. The molecule has 0 unspecified atom stereocenters. The van der Waals surface area contributed by atoms with Gasteiger partial charge in [0.05, 0.1) is 15.7 Å². The zero-order chi connectivity index (χ0) is 15.6. The molecule has 0 saturated heterocycles. The van der Waals surface area contributed by atoms with E-state index in [2.05, 4.69) is 5.32 Å². The molecule has 3 nitrogen and oxygen atoms in total. The van der Waals surface area contributed by atoms with Gasteiger partial charge in [-0.25, -0.2) is 0 Å². The number of nitrogen functional groups attached to an aromatic ring is 1. The Morgan fingerprint density at radius 3 is 2.43 bits per heavy atom. The summed E-state index contributed by atoms with van der Waals surface area (Å²) in [6, 6.07) is 8.95. The number of carbonyl (C=O) groups excluding carboxylic acids is 1. The summed E-state index contributed by atoms with van der Waals surface area (Å²) in [5.41, 5.74) is 9.25. The SMILES string of the molecule is CCc1cccc(C)c1NC(=O)c1cc(Cl)c(N)c(Cl)c1. The van der Waals surface area contributed by atoms with Gasteiger partial charge < -0.3 is 11.1 Å². The molecule has 0 bridgehead atoms. The maximum absolute atomic E-state index is 12.4. The van der Waals surface area contributed by atoms with Gasteiger partial charge >= 0.3 is 0 Å². The lowest BCUT2D eigenvalue weighted by Crippen LogP contribution is -2.14. The number of hydrogen-bond donors (Lipinski definition) is 2. The molecule has 2 aromatic rings. The summed E-state index contributed by atoms with van der Waals surface area (Å²) in [5, 5.41) is 3.47. The van der Waals surface area contributed by atoms with Crippen LogP contribution in [0.15, 0.2) is 30.3 Å². The molecule has 0 heterocycles. The first kappa shape index (κ1) is 15.7. The van der Waals surface area contributed by atoms with Crippen LogP contribution in [0.25, 0.3) is 0 Å². The van der Waals surface area contributed by atoms with Crippen LogP contribution >= 0.6 is 23.2 Å². The van der Waals surface area contributed by atoms with E-state index in [4.69, 9.17) is 28.9 Å². The monoisotopic (exact) mass is 322 g/mol. The van der Waals surface area contributed by atoms with Crippen molar-refractivity contribution in [3.8, 4) is 0 Å². The number of amides is 1. The van der Waals surface area contributed by atoms with E-state index < -0.39 is 0 Å². The summed E-state index contributed by atoms with van der Waals surface area (Å²) in [4.78, 5) is 12.4. The molecule has 5 heteroatoms. The number of nitrogens with one attached hydrogen (secondary N) is 1. The summed E-state index contributed by atoms with van der Waals surface area (Å²) < 4.78 is 0. The Bertz CT molecular complexity index is 676. The second-order valence-corrected chi connectivity index (χ2v) is 5.58. The molecule has 110 valence electrons. The second kappa shape index (κ2) is 6.37. The maximum Gasteiger partial charge on any atom is 0.255 e. The number of carbonyl (C=O) groups is 1. The quantitative estimate of drug-likeness (QED) is 0.805. The van der Waals surface area contributed by atoms with Crippen molar-refractivity contribution in [2.45, 2.75) is 20.3 Å². The van der Waals surface area contributed by atoms with E-state index >= 15 is 0 Å². The molecule has 0 radical (unpaired) electrons. The van der Waals surface area contributed by atoms with Crippen LogP contribution in [0.2, 0.25) is 10.0 Å². The van der Waals surface area contributed by atoms with E-state index in [1.165, 1.54) is 12.1 Å². The van der Waals surface area contributed by atoms with Gasteiger partial charge in [-0.1, -0.05) is 48.3 Å². The van der Waals surface area contributed by atoms with Gasteiger partial charge in [-0.3, -0.25) is 4.79 Å². The number of nitrogens with two attached hydrogens (primary N) is 1. The number of benzene rings is 2. The second-order valence-electron chi connectivity index (χ2n) is 4.77. The van der Waals surface area contributed by atoms with Gasteiger partial charge in [-0.05, 0) is 36.6 Å². The number of anilines is 2. The van der Waals surface area contributed by atoms with Gasteiger partial charge in [0.2, 0.25) is 0 Å². The van der Waals surface area contributed by atoms with Crippen LogP contribution in [0, 0.1) is 6.92 Å². The largest absolute Gasteiger partial charge is 0.396 e. The van der Waals surface area contributed by atoms with E-state index in [0.717, 1.165) is 23.2 Å². The third-order valence-corrected chi connectivity index (χ3v) is 3.95. The fourth-order valence-electron chi connectivity index (χ4n) is 2.10. The van der Waals surface area contributed by atoms with E-state index in [0.29, 0.717) is 5.56 Å². The van der Waals surface area contributed by atoms with Crippen LogP contribution in [0.3, 0.4) is 0 Å². The highest BCUT2D eigenvalue weighted by Gasteiger charge is 2.13. The maximum atomic E-state index is 12.4. The summed E-state index contributed by atoms with van der Waals surface area (Å²) in [6.45, 7) is 4.00. The van der Waals surface area contributed by atoms with Crippen molar-refractivity contribution in [1.82, 2.24) is 0 Å². The van der Waals surface area contributed by atoms with Crippen molar-refractivity contribution in [2.75, 3.05) is 11.1 Å². The molecular weight excluding hydrogens is 307 g/mol. The van der Waals surface area contributed by atoms with Crippen LogP contribution in [0.1, 0.15) is 28.4 Å². The predicted octanol–water partition coefficient (Wildman–Crippen LogP) is 4.70. The van der Waals surface area contributed by atoms with Gasteiger partial charge in [-0.2, -0.15) is 0 Å². The van der Waals surface area contributed by atoms with Crippen LogP contribution < -0.4 is 11.1 Å². The Kier molecular flexibility index (Phi) is 4.76. The third kappa shape index (κ3) is 3.31. The van der Waals surface area contributed by atoms with Gasteiger partial charge in [0.25, 0.3) is 5.91 Å². The van der Waals surface area contributed by atoms with Crippen molar-refractivity contribution in [3.05, 3.63) is 57.1 Å². The lowest BCUT2D eigenvalue weighted by molar-refractivity contribution is 0.102. The van der Waals surface area contributed by atoms with Crippen LogP contribution in [-0.2, 0) is 6.42 Å². The van der Waals surface area contributed by atoms with Crippen molar-refractivity contribution in [2.24, 2.45) is 0 Å². The molecule has 0 aromatic heterocycles. The molecule has 0 fully saturated rings. The average Bonchev–Trinajstić information content (AvgIpc) is 2.46. The topological polar surface area (TPSA) is 55.1 Å². The van der Waals surface area contributed by atoms with Gasteiger partial charge in [0.1, 0.15) is 0 Å². The van der Waals surface area contributed by atoms with Crippen molar-refractivity contribution in [1.29, 1.82) is 0 Å². The molecule has 1 amide bonds. The average molecular weight is 323 g/mol. The highest BCUT2D eigenvalue weighted by molar-refractivity contribution is 6.39. The van der Waals surface area contributed by atoms with Crippen LogP contribution in [0.4, 0.5) is 11.4 Å². The zero-order valence-electron chi connectivity index (χ0n) is 11.8. The Hall–Kier alpha value is -1.71. The normalized spacial score (nSPS) is 10.5. The highest BCUT2D eigenvalue weighted by Crippen LogP contribution is 2.29. The van der Waals surface area contributed by atoms with E-state index in [9.17, 15) is 4.79 Å². The molecule has 3 N–H and O–H groups in total. The van der Waals surface area contributed by atoms with E-state index in [-0.39, 0.29) is 21.6 Å². The molecule has 0 aliphatic rings. The molecule has 0 spiro atoms. The number of rotatable bonds is 3. The van der Waals surface area contributed by atoms with Crippen molar-refractivity contribution < 1.29 is 4.79 Å². The molecule has 0 atom stereocenters. The van der Waals surface area contributed by atoms with Gasteiger partial charge in [0, 0.05) is 11.3 Å². The standard InChI is InChI=1S/C16H16Cl2N2O/c1-3-10-6-4-5-9(2)15(10)20-16(21)11-7-12(17)14(19)13(18)8-11/h4-8H,3,19H2,1-2H3,(H,20,21). The Morgan fingerprint density at radius 1 is 1.24 bits per heavy atom. The molecule has 0 aliphatic heterocycles. The predicted molar refractivity (Wildman–Crippen MR) is 89.4 cm³/mol. The Morgan fingerprint density at radius 2 is 1.86 bits per heavy atom. The molecule has 2 rings (SSSR count). The molecule has 21 heavy (non-hydrogen) atoms.